The molecule has 6 heteroatoms. The summed E-state index contributed by atoms with van der Waals surface area (Å²) in [6.45, 7) is 6.31. The molecule has 0 aliphatic carbocycles. The zero-order chi connectivity index (χ0) is 12.8. The van der Waals surface area contributed by atoms with Gasteiger partial charge in [-0.15, -0.1) is 0 Å². The van der Waals surface area contributed by atoms with Gasteiger partial charge in [0.2, 0.25) is 11.8 Å². The van der Waals surface area contributed by atoms with Crippen LogP contribution in [0.5, 0.6) is 0 Å². The SMILES string of the molecule is C[C@H]1CC[Si](C)(C)CC12C(=O)NC(=O)NC2=O. The quantitative estimate of drug-likeness (QED) is 0.502. The summed E-state index contributed by atoms with van der Waals surface area (Å²) in [5, 5.41) is 4.50. The third-order valence-electron chi connectivity index (χ3n) is 4.12. The van der Waals surface area contributed by atoms with Gasteiger partial charge in [-0.3, -0.25) is 20.2 Å². The Bertz CT molecular complexity index is 386. The highest BCUT2D eigenvalue weighted by atomic mass is 28.3. The number of carbonyl (C=O) groups excluding carboxylic acids is 3. The smallest absolute Gasteiger partial charge is 0.277 e. The second-order valence-corrected chi connectivity index (χ2v) is 11.2. The molecule has 0 aromatic heterocycles. The van der Waals surface area contributed by atoms with E-state index >= 15 is 0 Å². The number of nitrogens with one attached hydrogen (secondary N) is 2. The summed E-state index contributed by atoms with van der Waals surface area (Å²) in [4.78, 5) is 35.4. The summed E-state index contributed by atoms with van der Waals surface area (Å²) in [6, 6.07) is 1.07. The molecule has 0 aromatic carbocycles. The summed E-state index contributed by atoms with van der Waals surface area (Å²) >= 11 is 0. The van der Waals surface area contributed by atoms with Crippen molar-refractivity contribution in [2.45, 2.75) is 38.5 Å². The van der Waals surface area contributed by atoms with Crippen molar-refractivity contribution < 1.29 is 14.4 Å². The van der Waals surface area contributed by atoms with E-state index in [-0.39, 0.29) is 5.92 Å². The number of urea groups is 1. The summed E-state index contributed by atoms with van der Waals surface area (Å²) < 4.78 is 0. The molecule has 17 heavy (non-hydrogen) atoms. The molecule has 2 fully saturated rings. The highest BCUT2D eigenvalue weighted by Gasteiger charge is 2.58. The van der Waals surface area contributed by atoms with Crippen LogP contribution in [-0.4, -0.2) is 25.9 Å². The first-order valence-corrected chi connectivity index (χ1v) is 9.36. The molecular weight excluding hydrogens is 236 g/mol. The van der Waals surface area contributed by atoms with Crippen LogP contribution in [0.3, 0.4) is 0 Å². The number of hydrogen-bond donors (Lipinski definition) is 2. The van der Waals surface area contributed by atoms with Crippen LogP contribution in [0, 0.1) is 11.3 Å². The second kappa shape index (κ2) is 3.66. The molecule has 0 aromatic rings. The van der Waals surface area contributed by atoms with Crippen molar-refractivity contribution in [1.82, 2.24) is 10.6 Å². The number of rotatable bonds is 0. The molecule has 0 saturated carbocycles. The highest BCUT2D eigenvalue weighted by Crippen LogP contribution is 2.47. The van der Waals surface area contributed by atoms with Crippen LogP contribution >= 0.6 is 0 Å². The lowest BCUT2D eigenvalue weighted by atomic mass is 9.73. The molecule has 2 rings (SSSR count). The van der Waals surface area contributed by atoms with Gasteiger partial charge in [-0.1, -0.05) is 32.5 Å². The van der Waals surface area contributed by atoms with Crippen LogP contribution in [0.1, 0.15) is 13.3 Å². The van der Waals surface area contributed by atoms with E-state index in [0.29, 0.717) is 6.04 Å². The van der Waals surface area contributed by atoms with Gasteiger partial charge < -0.3 is 0 Å². The third-order valence-corrected chi connectivity index (χ3v) is 7.27. The monoisotopic (exact) mass is 254 g/mol. The van der Waals surface area contributed by atoms with Crippen molar-refractivity contribution in [2.24, 2.45) is 11.3 Å². The van der Waals surface area contributed by atoms with Crippen LogP contribution in [0.15, 0.2) is 0 Å². The van der Waals surface area contributed by atoms with Crippen molar-refractivity contribution in [3.63, 3.8) is 0 Å². The lowest BCUT2D eigenvalue weighted by molar-refractivity contribution is -0.147. The lowest BCUT2D eigenvalue weighted by Gasteiger charge is -2.47. The minimum Gasteiger partial charge on any atom is -0.277 e. The Morgan fingerprint density at radius 3 is 2.24 bits per heavy atom. The molecule has 2 aliphatic heterocycles. The molecule has 0 radical (unpaired) electrons. The van der Waals surface area contributed by atoms with Crippen LogP contribution in [0.4, 0.5) is 4.79 Å². The third kappa shape index (κ3) is 1.80. The molecule has 4 amide bonds. The summed E-state index contributed by atoms with van der Waals surface area (Å²) in [5.74, 6) is -0.811. The molecule has 2 saturated heterocycles. The summed E-state index contributed by atoms with van der Waals surface area (Å²) in [5.41, 5.74) is -1.01. The molecule has 94 valence electrons. The molecule has 1 spiro atoms. The Balaban J connectivity index is 2.41. The Morgan fingerprint density at radius 2 is 1.71 bits per heavy atom. The van der Waals surface area contributed by atoms with E-state index in [0.717, 1.165) is 12.5 Å². The van der Waals surface area contributed by atoms with Gasteiger partial charge in [0.25, 0.3) is 0 Å². The van der Waals surface area contributed by atoms with Crippen LogP contribution in [0.2, 0.25) is 25.2 Å². The van der Waals surface area contributed by atoms with Crippen molar-refractivity contribution >= 4 is 25.9 Å². The van der Waals surface area contributed by atoms with Gasteiger partial charge in [0.15, 0.2) is 0 Å². The zero-order valence-corrected chi connectivity index (χ0v) is 11.4. The first-order valence-electron chi connectivity index (χ1n) is 5.95. The van der Waals surface area contributed by atoms with Gasteiger partial charge >= 0.3 is 6.03 Å². The van der Waals surface area contributed by atoms with Crippen molar-refractivity contribution in [3.8, 4) is 0 Å². The number of hydrogen-bond acceptors (Lipinski definition) is 3. The standard InChI is InChI=1S/C11H18N2O3Si/c1-7-4-5-17(2,3)6-11(7)8(14)12-10(16)13-9(11)15/h7H,4-6H2,1-3H3,(H2,12,13,14,15,16)/t7-/m0/s1. The lowest BCUT2D eigenvalue weighted by Crippen LogP contribution is -2.67. The average molecular weight is 254 g/mol. The first-order chi connectivity index (χ1) is 7.78. The van der Waals surface area contributed by atoms with Gasteiger partial charge in [-0.05, 0) is 12.0 Å². The number of carbonyl (C=O) groups is 3. The minimum atomic E-state index is -1.53. The maximum atomic E-state index is 12.1. The van der Waals surface area contributed by atoms with Crippen LogP contribution < -0.4 is 10.6 Å². The van der Waals surface area contributed by atoms with E-state index < -0.39 is 31.3 Å². The fourth-order valence-corrected chi connectivity index (χ4v) is 6.61. The Hall–Kier alpha value is -1.17. The van der Waals surface area contributed by atoms with Crippen molar-refractivity contribution in [3.05, 3.63) is 0 Å². The van der Waals surface area contributed by atoms with Crippen molar-refractivity contribution in [1.29, 1.82) is 0 Å². The molecule has 0 bridgehead atoms. The zero-order valence-electron chi connectivity index (χ0n) is 10.4. The van der Waals surface area contributed by atoms with E-state index in [1.807, 2.05) is 6.92 Å². The van der Waals surface area contributed by atoms with Gasteiger partial charge in [-0.2, -0.15) is 0 Å². The summed E-state index contributed by atoms with van der Waals surface area (Å²) in [6.07, 6.45) is 0.883. The number of amides is 4. The number of barbiturate groups is 1. The topological polar surface area (TPSA) is 75.3 Å². The van der Waals surface area contributed by atoms with Crippen LogP contribution in [0.25, 0.3) is 0 Å². The molecule has 2 heterocycles. The van der Waals surface area contributed by atoms with Gasteiger partial charge in [0.05, 0.1) is 0 Å². The van der Waals surface area contributed by atoms with E-state index in [2.05, 4.69) is 23.7 Å². The van der Waals surface area contributed by atoms with E-state index in [1.54, 1.807) is 0 Å². The molecule has 2 N–H and O–H groups in total. The normalized spacial score (nSPS) is 31.0. The first kappa shape index (κ1) is 12.3. The molecule has 0 unspecified atom stereocenters. The maximum absolute atomic E-state index is 12.1. The minimum absolute atomic E-state index is 0.00359. The van der Waals surface area contributed by atoms with E-state index in [4.69, 9.17) is 0 Å². The second-order valence-electron chi connectivity index (χ2n) is 5.99. The van der Waals surface area contributed by atoms with Crippen molar-refractivity contribution in [2.75, 3.05) is 0 Å². The predicted molar refractivity (Wildman–Crippen MR) is 65.0 cm³/mol. The molecule has 5 nitrogen and oxygen atoms in total. The average Bonchev–Trinajstić information content (AvgIpc) is 2.19. The Morgan fingerprint density at radius 1 is 1.18 bits per heavy atom. The molecule has 1 atom stereocenters. The van der Waals surface area contributed by atoms with Gasteiger partial charge in [0, 0.05) is 8.07 Å². The predicted octanol–water partition coefficient (Wildman–Crippen LogP) is 1.09. The fourth-order valence-electron chi connectivity index (χ4n) is 3.04. The van der Waals surface area contributed by atoms with Gasteiger partial charge in [-0.25, -0.2) is 4.79 Å². The van der Waals surface area contributed by atoms with E-state index in [9.17, 15) is 14.4 Å². The maximum Gasteiger partial charge on any atom is 0.328 e. The summed E-state index contributed by atoms with van der Waals surface area (Å²) in [7, 11) is -1.53. The fraction of sp³-hybridized carbons (Fsp3) is 0.727. The number of imide groups is 2. The van der Waals surface area contributed by atoms with Crippen LogP contribution in [-0.2, 0) is 9.59 Å². The van der Waals surface area contributed by atoms with Gasteiger partial charge in [0.1, 0.15) is 5.41 Å². The van der Waals surface area contributed by atoms with E-state index in [1.165, 1.54) is 0 Å². The highest BCUT2D eigenvalue weighted by molar-refractivity contribution is 6.78. The Kier molecular flexibility index (Phi) is 2.65. The molecular formula is C11H18N2O3Si. The molecule has 2 aliphatic rings. The Labute approximate surface area is 101 Å². The largest absolute Gasteiger partial charge is 0.328 e.